The molecule has 2 N–H and O–H groups in total. The molecule has 1 rings (SSSR count). The van der Waals surface area contributed by atoms with Crippen LogP contribution in [0.5, 0.6) is 0 Å². The first kappa shape index (κ1) is 12.7. The predicted molar refractivity (Wildman–Crippen MR) is 64.9 cm³/mol. The molecule has 0 bridgehead atoms. The van der Waals surface area contributed by atoms with Gasteiger partial charge in [-0.1, -0.05) is 25.5 Å². The molecule has 2 atom stereocenters. The predicted octanol–water partition coefficient (Wildman–Crippen LogP) is 2.48. The summed E-state index contributed by atoms with van der Waals surface area (Å²) in [7, 11) is 0. The molecule has 2 nitrogen and oxygen atoms in total. The van der Waals surface area contributed by atoms with Crippen molar-refractivity contribution in [2.75, 3.05) is 13.2 Å². The maximum Gasteiger partial charge on any atom is 0.0610 e. The number of aliphatic hydroxyl groups is 1. The van der Waals surface area contributed by atoms with Crippen LogP contribution < -0.4 is 5.32 Å². The number of hydrogen-bond acceptors (Lipinski definition) is 2. The highest BCUT2D eigenvalue weighted by atomic mass is 16.3. The molecule has 0 amide bonds. The number of aliphatic hydroxyl groups excluding tert-OH is 1. The molecule has 2 heteroatoms. The van der Waals surface area contributed by atoms with Crippen molar-refractivity contribution in [1.82, 2.24) is 5.32 Å². The Kier molecular flexibility index (Phi) is 5.34. The summed E-state index contributed by atoms with van der Waals surface area (Å²) in [6.45, 7) is 5.57. The topological polar surface area (TPSA) is 32.3 Å². The molecule has 1 aliphatic rings. The lowest BCUT2D eigenvalue weighted by Gasteiger charge is -2.31. The van der Waals surface area contributed by atoms with Gasteiger partial charge in [-0.25, -0.2) is 0 Å². The summed E-state index contributed by atoms with van der Waals surface area (Å²) in [5.41, 5.74) is -0.0735. The first-order valence-corrected chi connectivity index (χ1v) is 6.21. The zero-order valence-electron chi connectivity index (χ0n) is 10.1. The van der Waals surface area contributed by atoms with Gasteiger partial charge in [0.2, 0.25) is 0 Å². The van der Waals surface area contributed by atoms with E-state index in [4.69, 9.17) is 0 Å². The van der Waals surface area contributed by atoms with Gasteiger partial charge in [-0.05, 0) is 45.1 Å². The number of nitrogens with one attached hydrogen (secondary N) is 1. The van der Waals surface area contributed by atoms with Crippen LogP contribution in [0.3, 0.4) is 0 Å². The Morgan fingerprint density at radius 3 is 2.80 bits per heavy atom. The highest BCUT2D eigenvalue weighted by Gasteiger charge is 2.22. The van der Waals surface area contributed by atoms with E-state index in [-0.39, 0.29) is 12.1 Å². The van der Waals surface area contributed by atoms with Crippen molar-refractivity contribution in [1.29, 1.82) is 0 Å². The van der Waals surface area contributed by atoms with Crippen LogP contribution in [0.15, 0.2) is 12.2 Å². The molecule has 1 aliphatic carbocycles. The second-order valence-electron chi connectivity index (χ2n) is 5.00. The maximum atomic E-state index is 9.37. The van der Waals surface area contributed by atoms with E-state index in [1.54, 1.807) is 0 Å². The van der Waals surface area contributed by atoms with E-state index in [1.807, 2.05) is 0 Å². The van der Waals surface area contributed by atoms with Crippen molar-refractivity contribution in [2.24, 2.45) is 5.92 Å². The highest BCUT2D eigenvalue weighted by molar-refractivity contribution is 4.92. The molecule has 0 unspecified atom stereocenters. The monoisotopic (exact) mass is 211 g/mol. The maximum absolute atomic E-state index is 9.37. The average Bonchev–Trinajstić information content (AvgIpc) is 2.28. The van der Waals surface area contributed by atoms with Crippen molar-refractivity contribution >= 4 is 0 Å². The van der Waals surface area contributed by atoms with Crippen LogP contribution in [0.1, 0.15) is 46.0 Å². The van der Waals surface area contributed by atoms with Gasteiger partial charge in [0.15, 0.2) is 0 Å². The molecule has 0 spiro atoms. The van der Waals surface area contributed by atoms with E-state index >= 15 is 0 Å². The van der Waals surface area contributed by atoms with Gasteiger partial charge in [0.1, 0.15) is 0 Å². The molecule has 0 radical (unpaired) electrons. The van der Waals surface area contributed by atoms with Crippen LogP contribution in [-0.2, 0) is 0 Å². The minimum absolute atomic E-state index is 0.0735. The van der Waals surface area contributed by atoms with Gasteiger partial charge in [0.25, 0.3) is 0 Å². The van der Waals surface area contributed by atoms with Crippen LogP contribution in [0.4, 0.5) is 0 Å². The first-order valence-electron chi connectivity index (χ1n) is 6.21. The van der Waals surface area contributed by atoms with Gasteiger partial charge in [-0.15, -0.1) is 0 Å². The van der Waals surface area contributed by atoms with Crippen LogP contribution in [0.2, 0.25) is 0 Å². The zero-order chi connectivity index (χ0) is 11.1. The molecule has 0 aromatic carbocycles. The summed E-state index contributed by atoms with van der Waals surface area (Å²) in [6.07, 6.45) is 10.4. The third kappa shape index (κ3) is 4.35. The average molecular weight is 211 g/mol. The Bertz CT molecular complexity index is 203. The molecule has 0 heterocycles. The van der Waals surface area contributed by atoms with Gasteiger partial charge in [0.05, 0.1) is 6.61 Å². The van der Waals surface area contributed by atoms with Crippen LogP contribution in [-0.4, -0.2) is 23.8 Å². The van der Waals surface area contributed by atoms with Gasteiger partial charge in [0, 0.05) is 5.54 Å². The molecule has 0 aromatic heterocycles. The van der Waals surface area contributed by atoms with Gasteiger partial charge >= 0.3 is 0 Å². The van der Waals surface area contributed by atoms with Crippen molar-refractivity contribution in [2.45, 2.75) is 51.5 Å². The third-order valence-corrected chi connectivity index (χ3v) is 3.35. The second-order valence-corrected chi connectivity index (χ2v) is 5.00. The Hall–Kier alpha value is -0.340. The molecule has 0 aromatic rings. The Balaban J connectivity index is 2.29. The molecule has 0 aliphatic heterocycles. The van der Waals surface area contributed by atoms with Crippen LogP contribution >= 0.6 is 0 Å². The van der Waals surface area contributed by atoms with E-state index in [0.717, 1.165) is 25.3 Å². The van der Waals surface area contributed by atoms with E-state index in [1.165, 1.54) is 19.3 Å². The van der Waals surface area contributed by atoms with E-state index in [2.05, 4.69) is 31.3 Å². The molecule has 15 heavy (non-hydrogen) atoms. The van der Waals surface area contributed by atoms with Gasteiger partial charge in [-0.3, -0.25) is 0 Å². The molecule has 0 saturated carbocycles. The van der Waals surface area contributed by atoms with Gasteiger partial charge in [-0.2, -0.15) is 0 Å². The summed E-state index contributed by atoms with van der Waals surface area (Å²) >= 11 is 0. The van der Waals surface area contributed by atoms with E-state index < -0.39 is 0 Å². The third-order valence-electron chi connectivity index (χ3n) is 3.35. The van der Waals surface area contributed by atoms with Crippen LogP contribution in [0.25, 0.3) is 0 Å². The fourth-order valence-corrected chi connectivity index (χ4v) is 2.21. The quantitative estimate of drug-likeness (QED) is 0.662. The lowest BCUT2D eigenvalue weighted by Crippen LogP contribution is -2.47. The largest absolute Gasteiger partial charge is 0.394 e. The number of hydrogen-bond donors (Lipinski definition) is 2. The first-order chi connectivity index (χ1) is 7.20. The Morgan fingerprint density at radius 2 is 2.27 bits per heavy atom. The van der Waals surface area contributed by atoms with Gasteiger partial charge < -0.3 is 10.4 Å². The molecular weight excluding hydrogens is 186 g/mol. The molecule has 88 valence electrons. The lowest BCUT2D eigenvalue weighted by atomic mass is 9.91. The van der Waals surface area contributed by atoms with Crippen molar-refractivity contribution < 1.29 is 5.11 Å². The van der Waals surface area contributed by atoms with E-state index in [9.17, 15) is 5.11 Å². The summed E-state index contributed by atoms with van der Waals surface area (Å²) < 4.78 is 0. The summed E-state index contributed by atoms with van der Waals surface area (Å²) in [4.78, 5) is 0. The fraction of sp³-hybridized carbons (Fsp3) is 0.846. The summed E-state index contributed by atoms with van der Waals surface area (Å²) in [5, 5.41) is 12.9. The minimum atomic E-state index is -0.0735. The zero-order valence-corrected chi connectivity index (χ0v) is 10.1. The number of rotatable bonds is 6. The molecule has 0 fully saturated rings. The SMILES string of the molecule is CCC[C@](C)(CO)NC[C@H]1CC=CCC1. The Morgan fingerprint density at radius 1 is 1.47 bits per heavy atom. The lowest BCUT2D eigenvalue weighted by molar-refractivity contribution is 0.158. The van der Waals surface area contributed by atoms with E-state index in [0.29, 0.717) is 0 Å². The minimum Gasteiger partial charge on any atom is -0.394 e. The highest BCUT2D eigenvalue weighted by Crippen LogP contribution is 2.19. The van der Waals surface area contributed by atoms with Crippen molar-refractivity contribution in [3.05, 3.63) is 12.2 Å². The summed E-state index contributed by atoms with van der Waals surface area (Å²) in [6, 6.07) is 0. The molecular formula is C13H25NO. The fourth-order valence-electron chi connectivity index (χ4n) is 2.21. The van der Waals surface area contributed by atoms with Crippen LogP contribution in [0, 0.1) is 5.92 Å². The molecule has 0 saturated heterocycles. The Labute approximate surface area is 93.8 Å². The number of allylic oxidation sites excluding steroid dienone is 2. The van der Waals surface area contributed by atoms with Crippen molar-refractivity contribution in [3.63, 3.8) is 0 Å². The smallest absolute Gasteiger partial charge is 0.0610 e. The normalized spacial score (nSPS) is 25.1. The van der Waals surface area contributed by atoms with Crippen molar-refractivity contribution in [3.8, 4) is 0 Å². The standard InChI is InChI=1S/C13H25NO/c1-3-9-13(2,11-15)14-10-12-7-5-4-6-8-12/h4-5,12,14-15H,3,6-11H2,1-2H3/t12-,13+/m0/s1. The second kappa shape index (κ2) is 6.29. The summed E-state index contributed by atoms with van der Waals surface area (Å²) in [5.74, 6) is 0.762.